The molecule has 1 spiro atoms. The molecule has 304 valence electrons. The van der Waals surface area contributed by atoms with Crippen molar-refractivity contribution in [2.24, 2.45) is 0 Å². The van der Waals surface area contributed by atoms with Gasteiger partial charge in [-0.15, -0.1) is 0 Å². The van der Waals surface area contributed by atoms with Crippen LogP contribution < -0.4 is 9.80 Å². The molecule has 0 N–H and O–H groups in total. The monoisotopic (exact) mass is 826 g/mol. The number of benzene rings is 11. The van der Waals surface area contributed by atoms with Gasteiger partial charge < -0.3 is 9.80 Å². The van der Waals surface area contributed by atoms with E-state index in [2.05, 4.69) is 265 Å². The molecule has 0 unspecified atom stereocenters. The maximum absolute atomic E-state index is 2.48. The highest BCUT2D eigenvalue weighted by molar-refractivity contribution is 6.02. The maximum Gasteiger partial charge on any atom is 0.0726 e. The van der Waals surface area contributed by atoms with Crippen LogP contribution in [0.15, 0.2) is 255 Å². The number of para-hydroxylation sites is 1. The second kappa shape index (κ2) is 14.8. The van der Waals surface area contributed by atoms with Gasteiger partial charge in [0, 0.05) is 33.5 Å². The van der Waals surface area contributed by atoms with Crippen molar-refractivity contribution < 1.29 is 0 Å². The van der Waals surface area contributed by atoms with Gasteiger partial charge in [0.1, 0.15) is 0 Å². The Morgan fingerprint density at radius 2 is 0.615 bits per heavy atom. The fraction of sp³-hybridized carbons (Fsp3) is 0.0159. The van der Waals surface area contributed by atoms with Gasteiger partial charge in [-0.1, -0.05) is 194 Å². The van der Waals surface area contributed by atoms with Crippen LogP contribution in [0.2, 0.25) is 0 Å². The minimum atomic E-state index is -0.431. The van der Waals surface area contributed by atoms with Crippen LogP contribution in [0.5, 0.6) is 0 Å². The molecular formula is C63H42N2. The van der Waals surface area contributed by atoms with E-state index in [4.69, 9.17) is 0 Å². The molecule has 13 rings (SSSR count). The van der Waals surface area contributed by atoms with E-state index in [0.717, 1.165) is 39.7 Å². The van der Waals surface area contributed by atoms with Crippen LogP contribution in [0.4, 0.5) is 34.1 Å². The minimum absolute atomic E-state index is 0.431. The van der Waals surface area contributed by atoms with E-state index in [0.29, 0.717) is 0 Å². The Hall–Kier alpha value is -8.46. The number of hydrogen-bond acceptors (Lipinski definition) is 2. The first-order valence-corrected chi connectivity index (χ1v) is 22.5. The number of fused-ring (bicyclic) bond motifs is 12. The second-order valence-corrected chi connectivity index (χ2v) is 17.2. The molecule has 2 heteroatoms. The lowest BCUT2D eigenvalue weighted by molar-refractivity contribution is 0.793. The van der Waals surface area contributed by atoms with E-state index in [9.17, 15) is 0 Å². The van der Waals surface area contributed by atoms with E-state index in [1.54, 1.807) is 0 Å². The SMILES string of the molecule is c1ccc(N(c2ccc(-c3ccc(N(c4ccc5c(c4)C4(c6ccccc6-c6ccccc64)c4ccccc4-5)c4cccc5ccccc45)cc3)cc2)c2cccc3ccccc23)cc1. The largest absolute Gasteiger partial charge is 0.310 e. The van der Waals surface area contributed by atoms with Crippen molar-refractivity contribution in [2.75, 3.05) is 9.80 Å². The van der Waals surface area contributed by atoms with Gasteiger partial charge in [-0.3, -0.25) is 0 Å². The van der Waals surface area contributed by atoms with Gasteiger partial charge >= 0.3 is 0 Å². The molecule has 0 atom stereocenters. The Bertz CT molecular complexity index is 3530. The fourth-order valence-electron chi connectivity index (χ4n) is 11.1. The van der Waals surface area contributed by atoms with Crippen LogP contribution >= 0.6 is 0 Å². The van der Waals surface area contributed by atoms with Crippen molar-refractivity contribution in [3.63, 3.8) is 0 Å². The Morgan fingerprint density at radius 3 is 1.12 bits per heavy atom. The van der Waals surface area contributed by atoms with Gasteiger partial charge in [0.05, 0.1) is 16.8 Å². The average molecular weight is 827 g/mol. The third-order valence-corrected chi connectivity index (χ3v) is 13.9. The summed E-state index contributed by atoms with van der Waals surface area (Å²) in [7, 11) is 0. The van der Waals surface area contributed by atoms with E-state index in [-0.39, 0.29) is 0 Å². The van der Waals surface area contributed by atoms with Crippen LogP contribution in [-0.2, 0) is 5.41 Å². The molecule has 11 aromatic rings. The molecule has 0 bridgehead atoms. The molecule has 0 heterocycles. The lowest BCUT2D eigenvalue weighted by Crippen LogP contribution is -2.26. The Morgan fingerprint density at radius 1 is 0.246 bits per heavy atom. The molecule has 11 aromatic carbocycles. The highest BCUT2D eigenvalue weighted by Crippen LogP contribution is 2.63. The second-order valence-electron chi connectivity index (χ2n) is 17.2. The molecule has 2 nitrogen and oxygen atoms in total. The normalized spacial score (nSPS) is 12.7. The average Bonchev–Trinajstić information content (AvgIpc) is 3.85. The van der Waals surface area contributed by atoms with Crippen LogP contribution in [-0.4, -0.2) is 0 Å². The molecule has 0 radical (unpaired) electrons. The summed E-state index contributed by atoms with van der Waals surface area (Å²) < 4.78 is 0. The summed E-state index contributed by atoms with van der Waals surface area (Å²) in [5, 5.41) is 4.86. The predicted molar refractivity (Wildman–Crippen MR) is 273 cm³/mol. The van der Waals surface area contributed by atoms with Crippen molar-refractivity contribution >= 4 is 55.7 Å². The molecule has 0 saturated heterocycles. The molecule has 65 heavy (non-hydrogen) atoms. The number of hydrogen-bond donors (Lipinski definition) is 0. The standard InChI is InChI=1S/C63H42N2/c1-2-20-47(21-3-1)64(61-30-14-18-45-16-4-6-22-51(45)61)48-36-32-43(33-37-48)44-34-38-49(39-35-44)65(62-31-15-19-46-17-5-7-23-52(46)62)50-40-41-56-55-26-10-13-29-59(55)63(60(56)42-50)57-27-11-8-24-53(57)54-25-9-12-28-58(54)63/h1-42H. The third-order valence-electron chi connectivity index (χ3n) is 13.9. The van der Waals surface area contributed by atoms with E-state index in [1.807, 2.05) is 0 Å². The summed E-state index contributed by atoms with van der Waals surface area (Å²) in [6.45, 7) is 0. The summed E-state index contributed by atoms with van der Waals surface area (Å²) in [5.41, 5.74) is 19.2. The summed E-state index contributed by atoms with van der Waals surface area (Å²) in [4.78, 5) is 4.82. The molecule has 2 aliphatic rings. The van der Waals surface area contributed by atoms with E-state index >= 15 is 0 Å². The van der Waals surface area contributed by atoms with E-state index < -0.39 is 5.41 Å². The van der Waals surface area contributed by atoms with Gasteiger partial charge in [-0.2, -0.15) is 0 Å². The van der Waals surface area contributed by atoms with Crippen molar-refractivity contribution in [1.29, 1.82) is 0 Å². The Kier molecular flexibility index (Phi) is 8.47. The topological polar surface area (TPSA) is 6.48 Å². The molecule has 0 saturated carbocycles. The molecule has 2 aliphatic carbocycles. The first-order chi connectivity index (χ1) is 32.3. The van der Waals surface area contributed by atoms with Gasteiger partial charge in [0.25, 0.3) is 0 Å². The smallest absolute Gasteiger partial charge is 0.0726 e. The lowest BCUT2D eigenvalue weighted by atomic mass is 9.70. The highest BCUT2D eigenvalue weighted by Gasteiger charge is 2.51. The zero-order chi connectivity index (χ0) is 42.9. The van der Waals surface area contributed by atoms with E-state index in [1.165, 1.54) is 71.6 Å². The number of anilines is 6. The Labute approximate surface area is 379 Å². The highest BCUT2D eigenvalue weighted by atomic mass is 15.1. The molecule has 0 aromatic heterocycles. The van der Waals surface area contributed by atoms with Gasteiger partial charge in [0.2, 0.25) is 0 Å². The summed E-state index contributed by atoms with van der Waals surface area (Å²) in [6.07, 6.45) is 0. The summed E-state index contributed by atoms with van der Waals surface area (Å²) in [5.74, 6) is 0. The zero-order valence-electron chi connectivity index (χ0n) is 35.6. The minimum Gasteiger partial charge on any atom is -0.310 e. The van der Waals surface area contributed by atoms with Crippen LogP contribution in [0.25, 0.3) is 54.9 Å². The quantitative estimate of drug-likeness (QED) is 0.158. The van der Waals surface area contributed by atoms with Gasteiger partial charge in [0.15, 0.2) is 0 Å². The van der Waals surface area contributed by atoms with Gasteiger partial charge in [-0.25, -0.2) is 0 Å². The summed E-state index contributed by atoms with van der Waals surface area (Å²) >= 11 is 0. The van der Waals surface area contributed by atoms with Crippen molar-refractivity contribution in [3.8, 4) is 33.4 Å². The zero-order valence-corrected chi connectivity index (χ0v) is 35.6. The lowest BCUT2D eigenvalue weighted by Gasteiger charge is -2.32. The first kappa shape index (κ1) is 37.1. The molecule has 0 aliphatic heterocycles. The Balaban J connectivity index is 0.936. The van der Waals surface area contributed by atoms with Crippen LogP contribution in [0, 0.1) is 0 Å². The predicted octanol–water partition coefficient (Wildman–Crippen LogP) is 16.9. The molecular weight excluding hydrogens is 785 g/mol. The van der Waals surface area contributed by atoms with Gasteiger partial charge in [-0.05, 0) is 127 Å². The molecule has 0 fully saturated rings. The third kappa shape index (κ3) is 5.67. The van der Waals surface area contributed by atoms with Crippen molar-refractivity contribution in [2.45, 2.75) is 5.41 Å². The number of rotatable bonds is 7. The fourth-order valence-corrected chi connectivity index (χ4v) is 11.1. The maximum atomic E-state index is 2.48. The summed E-state index contributed by atoms with van der Waals surface area (Å²) in [6, 6.07) is 93.7. The van der Waals surface area contributed by atoms with Crippen molar-refractivity contribution in [1.82, 2.24) is 0 Å². The molecule has 0 amide bonds. The first-order valence-electron chi connectivity index (χ1n) is 22.5. The van der Waals surface area contributed by atoms with Crippen LogP contribution in [0.1, 0.15) is 22.3 Å². The van der Waals surface area contributed by atoms with Crippen LogP contribution in [0.3, 0.4) is 0 Å². The van der Waals surface area contributed by atoms with Crippen molar-refractivity contribution in [3.05, 3.63) is 277 Å². The number of nitrogens with zero attached hydrogens (tertiary/aromatic N) is 2.